The Labute approximate surface area is 63.7 Å². The fraction of sp³-hybridized carbons (Fsp3) is 0. The first-order valence-corrected chi connectivity index (χ1v) is 3.19. The van der Waals surface area contributed by atoms with Crippen LogP contribution in [0.1, 0.15) is 0 Å². The van der Waals surface area contributed by atoms with Crippen LogP contribution in [0.15, 0.2) is 35.1 Å². The van der Waals surface area contributed by atoms with Gasteiger partial charge in [0.05, 0.1) is 0 Å². The molecule has 2 aromatic rings. The summed E-state index contributed by atoms with van der Waals surface area (Å²) in [4.78, 5) is 0. The Hall–Kier alpha value is -1.64. The molecule has 1 aromatic carbocycles. The maximum absolute atomic E-state index is 4.98. The molecule has 1 aromatic heterocycles. The van der Waals surface area contributed by atoms with Crippen LogP contribution in [-0.2, 0) is 0 Å². The smallest absolute Gasteiger partial charge is 0.247 e. The van der Waals surface area contributed by atoms with Crippen molar-refractivity contribution in [2.24, 2.45) is 0 Å². The lowest BCUT2D eigenvalue weighted by molar-refractivity contribution is 0.568. The molecular formula is C8H5N2O. The molecule has 3 nitrogen and oxygen atoms in total. The van der Waals surface area contributed by atoms with Crippen molar-refractivity contribution < 1.29 is 4.42 Å². The van der Waals surface area contributed by atoms with Crippen LogP contribution >= 0.6 is 0 Å². The minimum absolute atomic E-state index is 0.529. The number of hydrogen-bond donors (Lipinski definition) is 0. The number of hydrogen-bond acceptors (Lipinski definition) is 3. The normalized spacial score (nSPS) is 9.82. The van der Waals surface area contributed by atoms with E-state index in [4.69, 9.17) is 4.42 Å². The van der Waals surface area contributed by atoms with E-state index >= 15 is 0 Å². The Morgan fingerprint density at radius 1 is 1.45 bits per heavy atom. The summed E-state index contributed by atoms with van der Waals surface area (Å²) in [7, 11) is 0. The van der Waals surface area contributed by atoms with E-state index in [0.29, 0.717) is 5.89 Å². The fourth-order valence-electron chi connectivity index (χ4n) is 0.825. The summed E-state index contributed by atoms with van der Waals surface area (Å²) in [5.41, 5.74) is 0.894. The van der Waals surface area contributed by atoms with Crippen LogP contribution in [0.5, 0.6) is 0 Å². The zero-order valence-corrected chi connectivity index (χ0v) is 5.69. The first kappa shape index (κ1) is 6.09. The third-order valence-corrected chi connectivity index (χ3v) is 1.31. The van der Waals surface area contributed by atoms with Gasteiger partial charge in [-0.15, -0.1) is 10.2 Å². The van der Waals surface area contributed by atoms with E-state index in [0.717, 1.165) is 5.56 Å². The predicted molar refractivity (Wildman–Crippen MR) is 38.6 cm³/mol. The molecule has 0 N–H and O–H groups in total. The summed E-state index contributed by atoms with van der Waals surface area (Å²) in [5.74, 6) is 0.529. The van der Waals surface area contributed by atoms with Gasteiger partial charge in [0.25, 0.3) is 0 Å². The number of nitrogens with zero attached hydrogens (tertiary/aromatic N) is 2. The van der Waals surface area contributed by atoms with Crippen molar-refractivity contribution in [3.63, 3.8) is 0 Å². The summed E-state index contributed by atoms with van der Waals surface area (Å²) in [6, 6.07) is 10.3. The van der Waals surface area contributed by atoms with E-state index in [1.54, 1.807) is 6.07 Å². The molecule has 0 atom stereocenters. The lowest BCUT2D eigenvalue weighted by atomic mass is 10.2. The second kappa shape index (κ2) is 2.54. The molecule has 3 heteroatoms. The second-order valence-electron chi connectivity index (χ2n) is 2.04. The van der Waals surface area contributed by atoms with E-state index in [-0.39, 0.29) is 0 Å². The highest BCUT2D eigenvalue weighted by Crippen LogP contribution is 2.13. The first-order chi connectivity index (χ1) is 5.47. The molecule has 0 spiro atoms. The van der Waals surface area contributed by atoms with Crippen LogP contribution in [-0.4, -0.2) is 10.2 Å². The standard InChI is InChI=1S/C8H5N2O/c1-2-4-7(5-3-1)8-10-9-6-11-8/h1-2,4-6H. The molecule has 53 valence electrons. The highest BCUT2D eigenvalue weighted by atomic mass is 16.4. The number of benzene rings is 1. The average molecular weight is 145 g/mol. The predicted octanol–water partition coefficient (Wildman–Crippen LogP) is 1.54. The van der Waals surface area contributed by atoms with Gasteiger partial charge >= 0.3 is 0 Å². The Kier molecular flexibility index (Phi) is 1.41. The molecule has 0 fully saturated rings. The van der Waals surface area contributed by atoms with Crippen molar-refractivity contribution in [1.82, 2.24) is 10.2 Å². The van der Waals surface area contributed by atoms with E-state index < -0.39 is 0 Å². The fourth-order valence-corrected chi connectivity index (χ4v) is 0.825. The van der Waals surface area contributed by atoms with Crippen LogP contribution < -0.4 is 0 Å². The Bertz CT molecular complexity index is 315. The molecule has 0 aliphatic heterocycles. The van der Waals surface area contributed by atoms with Crippen molar-refractivity contribution in [3.05, 3.63) is 36.7 Å². The molecule has 0 unspecified atom stereocenters. The quantitative estimate of drug-likeness (QED) is 0.610. The van der Waals surface area contributed by atoms with Gasteiger partial charge in [-0.25, -0.2) is 0 Å². The highest BCUT2D eigenvalue weighted by Gasteiger charge is 1.99. The summed E-state index contributed by atoms with van der Waals surface area (Å²) in [6.45, 7) is 0. The lowest BCUT2D eigenvalue weighted by Crippen LogP contribution is -1.75. The van der Waals surface area contributed by atoms with Gasteiger partial charge in [-0.3, -0.25) is 0 Å². The van der Waals surface area contributed by atoms with E-state index in [2.05, 4.69) is 16.3 Å². The van der Waals surface area contributed by atoms with Gasteiger partial charge in [0.2, 0.25) is 12.3 Å². The SMILES string of the molecule is [c]1cccc(-c2nnco2)c1. The zero-order chi connectivity index (χ0) is 7.52. The highest BCUT2D eigenvalue weighted by molar-refractivity contribution is 5.51. The minimum atomic E-state index is 0.529. The van der Waals surface area contributed by atoms with Crippen molar-refractivity contribution in [3.8, 4) is 11.5 Å². The summed E-state index contributed by atoms with van der Waals surface area (Å²) < 4.78 is 4.98. The van der Waals surface area contributed by atoms with Crippen molar-refractivity contribution in [1.29, 1.82) is 0 Å². The lowest BCUT2D eigenvalue weighted by Gasteiger charge is -1.89. The van der Waals surface area contributed by atoms with Gasteiger partial charge in [-0.05, 0) is 18.2 Å². The summed E-state index contributed by atoms with van der Waals surface area (Å²) >= 11 is 0. The zero-order valence-electron chi connectivity index (χ0n) is 5.69. The van der Waals surface area contributed by atoms with Gasteiger partial charge in [0.15, 0.2) is 0 Å². The first-order valence-electron chi connectivity index (χ1n) is 3.19. The number of aromatic nitrogens is 2. The monoisotopic (exact) mass is 145 g/mol. The molecule has 0 saturated heterocycles. The van der Waals surface area contributed by atoms with Gasteiger partial charge in [-0.2, -0.15) is 0 Å². The molecule has 11 heavy (non-hydrogen) atoms. The maximum Gasteiger partial charge on any atom is 0.247 e. The van der Waals surface area contributed by atoms with Crippen LogP contribution in [0.4, 0.5) is 0 Å². The van der Waals surface area contributed by atoms with E-state index in [1.807, 2.05) is 18.2 Å². The summed E-state index contributed by atoms with van der Waals surface area (Å²) in [5, 5.41) is 7.32. The van der Waals surface area contributed by atoms with Crippen LogP contribution in [0.2, 0.25) is 0 Å². The second-order valence-corrected chi connectivity index (χ2v) is 2.04. The van der Waals surface area contributed by atoms with E-state index in [1.165, 1.54) is 6.39 Å². The average Bonchev–Trinajstić information content (AvgIpc) is 2.58. The Morgan fingerprint density at radius 3 is 3.09 bits per heavy atom. The van der Waals surface area contributed by atoms with Gasteiger partial charge < -0.3 is 4.42 Å². The molecule has 1 heterocycles. The van der Waals surface area contributed by atoms with Gasteiger partial charge in [0, 0.05) is 5.56 Å². The molecular weight excluding hydrogens is 140 g/mol. The third kappa shape index (κ3) is 1.12. The van der Waals surface area contributed by atoms with E-state index in [9.17, 15) is 0 Å². The summed E-state index contributed by atoms with van der Waals surface area (Å²) in [6.07, 6.45) is 1.31. The van der Waals surface area contributed by atoms with Gasteiger partial charge in [-0.1, -0.05) is 12.1 Å². The molecule has 0 aliphatic carbocycles. The van der Waals surface area contributed by atoms with Crippen molar-refractivity contribution in [2.75, 3.05) is 0 Å². The van der Waals surface area contributed by atoms with Crippen LogP contribution in [0.3, 0.4) is 0 Å². The van der Waals surface area contributed by atoms with Crippen molar-refractivity contribution >= 4 is 0 Å². The molecule has 0 aliphatic rings. The molecule has 2 rings (SSSR count). The minimum Gasteiger partial charge on any atom is -0.423 e. The Morgan fingerprint density at radius 2 is 2.45 bits per heavy atom. The topological polar surface area (TPSA) is 38.9 Å². The van der Waals surface area contributed by atoms with Crippen LogP contribution in [0.25, 0.3) is 11.5 Å². The molecule has 1 radical (unpaired) electrons. The molecule has 0 bridgehead atoms. The molecule has 0 saturated carbocycles. The molecule has 0 amide bonds. The van der Waals surface area contributed by atoms with Gasteiger partial charge in [0.1, 0.15) is 0 Å². The largest absolute Gasteiger partial charge is 0.423 e. The number of rotatable bonds is 1. The maximum atomic E-state index is 4.98. The Balaban J connectivity index is 2.46. The van der Waals surface area contributed by atoms with Crippen molar-refractivity contribution in [2.45, 2.75) is 0 Å². The third-order valence-electron chi connectivity index (χ3n) is 1.31. The van der Waals surface area contributed by atoms with Crippen LogP contribution in [0, 0.1) is 6.07 Å².